The first-order chi connectivity index (χ1) is 14.4. The van der Waals surface area contributed by atoms with Gasteiger partial charge in [-0.25, -0.2) is 0 Å². The fraction of sp³-hybridized carbons (Fsp3) is 0.435. The molecular weight excluding hydrogens is 386 g/mol. The van der Waals surface area contributed by atoms with Crippen LogP contribution < -0.4 is 5.32 Å². The van der Waals surface area contributed by atoms with Crippen molar-refractivity contribution in [2.45, 2.75) is 45.6 Å². The van der Waals surface area contributed by atoms with Crippen LogP contribution in [0.1, 0.15) is 37.8 Å². The Kier molecular flexibility index (Phi) is 8.35. The number of ether oxygens (including phenoxy) is 2. The number of Topliss-reactive ketones (excluding diaryl/α,β-unsaturated/α-hetero) is 2. The largest absolute Gasteiger partial charge is 0.489 e. The summed E-state index contributed by atoms with van der Waals surface area (Å²) in [5.74, 6) is -0.927. The maximum atomic E-state index is 12.7. The van der Waals surface area contributed by atoms with Crippen molar-refractivity contribution < 1.29 is 29.0 Å². The zero-order valence-corrected chi connectivity index (χ0v) is 17.9. The maximum Gasteiger partial charge on any atom is 0.228 e. The molecule has 7 nitrogen and oxygen atoms in total. The predicted octanol–water partition coefficient (Wildman–Crippen LogP) is 2.02. The number of carbonyl (C=O) groups is 3. The fourth-order valence-electron chi connectivity index (χ4n) is 3.27. The summed E-state index contributed by atoms with van der Waals surface area (Å²) >= 11 is 0. The van der Waals surface area contributed by atoms with Gasteiger partial charge < -0.3 is 19.9 Å². The summed E-state index contributed by atoms with van der Waals surface area (Å²) < 4.78 is 10.2. The minimum absolute atomic E-state index is 0.0658. The Morgan fingerprint density at radius 3 is 2.13 bits per heavy atom. The molecule has 1 atom stereocenters. The second-order valence-electron chi connectivity index (χ2n) is 7.18. The van der Waals surface area contributed by atoms with E-state index >= 15 is 0 Å². The second-order valence-corrected chi connectivity index (χ2v) is 7.18. The van der Waals surface area contributed by atoms with Crippen LogP contribution in [0, 0.1) is 0 Å². The molecule has 1 aromatic rings. The van der Waals surface area contributed by atoms with Gasteiger partial charge in [0.15, 0.2) is 0 Å². The van der Waals surface area contributed by atoms with Gasteiger partial charge in [0.05, 0.1) is 26.9 Å². The number of allylic oxidation sites excluding steroid dienone is 2. The molecule has 0 aromatic heterocycles. The predicted molar refractivity (Wildman–Crippen MR) is 112 cm³/mol. The van der Waals surface area contributed by atoms with Crippen molar-refractivity contribution in [3.63, 3.8) is 0 Å². The Morgan fingerprint density at radius 1 is 1.03 bits per heavy atom. The lowest BCUT2D eigenvalue weighted by Gasteiger charge is -2.20. The van der Waals surface area contributed by atoms with E-state index in [1.54, 1.807) is 6.92 Å². The molecule has 0 heterocycles. The molecule has 1 unspecified atom stereocenters. The number of nitrogens with one attached hydrogen (secondary N) is 1. The Labute approximate surface area is 176 Å². The van der Waals surface area contributed by atoms with Crippen molar-refractivity contribution in [1.82, 2.24) is 5.32 Å². The Morgan fingerprint density at radius 2 is 1.60 bits per heavy atom. The number of hydrogen-bond acceptors (Lipinski definition) is 6. The van der Waals surface area contributed by atoms with Crippen molar-refractivity contribution in [3.05, 3.63) is 58.1 Å². The molecule has 0 spiro atoms. The molecule has 162 valence electrons. The van der Waals surface area contributed by atoms with Gasteiger partial charge in [0.25, 0.3) is 0 Å². The van der Waals surface area contributed by atoms with Crippen LogP contribution in [0.5, 0.6) is 0 Å². The smallest absolute Gasteiger partial charge is 0.228 e. The number of amides is 1. The van der Waals surface area contributed by atoms with Crippen LogP contribution in [0.2, 0.25) is 0 Å². The maximum absolute atomic E-state index is 12.7. The number of methoxy groups -OCH3 is 2. The molecule has 2 rings (SSSR count). The zero-order chi connectivity index (χ0) is 22.3. The highest BCUT2D eigenvalue weighted by molar-refractivity contribution is 6.23. The Bertz CT molecular complexity index is 862. The van der Waals surface area contributed by atoms with E-state index in [-0.39, 0.29) is 41.6 Å². The molecule has 0 saturated heterocycles. The Balaban J connectivity index is 2.04. The first-order valence-electron chi connectivity index (χ1n) is 9.95. The molecule has 2 N–H and O–H groups in total. The van der Waals surface area contributed by atoms with Crippen molar-refractivity contribution >= 4 is 17.5 Å². The highest BCUT2D eigenvalue weighted by Crippen LogP contribution is 2.28. The van der Waals surface area contributed by atoms with Gasteiger partial charge in [0.1, 0.15) is 0 Å². The van der Waals surface area contributed by atoms with E-state index < -0.39 is 0 Å². The van der Waals surface area contributed by atoms with Gasteiger partial charge in [-0.15, -0.1) is 0 Å². The van der Waals surface area contributed by atoms with Gasteiger partial charge in [0, 0.05) is 24.0 Å². The number of aliphatic hydroxyl groups excluding tert-OH is 1. The lowest BCUT2D eigenvalue weighted by Crippen LogP contribution is -2.37. The van der Waals surface area contributed by atoms with Crippen molar-refractivity contribution in [2.75, 3.05) is 20.8 Å². The third kappa shape index (κ3) is 5.36. The topological polar surface area (TPSA) is 102 Å². The first-order valence-corrected chi connectivity index (χ1v) is 9.95. The average molecular weight is 415 g/mol. The van der Waals surface area contributed by atoms with E-state index in [4.69, 9.17) is 14.6 Å². The minimum atomic E-state index is -0.347. The van der Waals surface area contributed by atoms with Gasteiger partial charge in [-0.3, -0.25) is 14.4 Å². The van der Waals surface area contributed by atoms with E-state index in [1.807, 2.05) is 31.2 Å². The molecular formula is C23H29NO6. The molecule has 0 radical (unpaired) electrons. The van der Waals surface area contributed by atoms with E-state index in [1.165, 1.54) is 14.2 Å². The fourth-order valence-corrected chi connectivity index (χ4v) is 3.27. The molecule has 7 heteroatoms. The van der Waals surface area contributed by atoms with Crippen LogP contribution in [0.25, 0.3) is 0 Å². The third-order valence-electron chi connectivity index (χ3n) is 5.22. The second kappa shape index (κ2) is 10.7. The summed E-state index contributed by atoms with van der Waals surface area (Å²) in [4.78, 5) is 37.2. The SMILES string of the molecule is CCC(CO)NC(=O)CCc1ccc(CC2=C(C)C(=O)C(OC)=C(OC)C2=O)cc1. The first kappa shape index (κ1) is 23.3. The molecule has 1 aromatic carbocycles. The van der Waals surface area contributed by atoms with E-state index in [9.17, 15) is 14.4 Å². The number of aliphatic hydroxyl groups is 1. The van der Waals surface area contributed by atoms with Crippen LogP contribution in [-0.2, 0) is 36.7 Å². The molecule has 1 amide bonds. The number of carbonyl (C=O) groups excluding carboxylic acids is 3. The third-order valence-corrected chi connectivity index (χ3v) is 5.22. The van der Waals surface area contributed by atoms with Crippen LogP contribution in [0.3, 0.4) is 0 Å². The normalized spacial score (nSPS) is 15.4. The summed E-state index contributed by atoms with van der Waals surface area (Å²) in [5, 5.41) is 12.0. The molecule has 0 fully saturated rings. The minimum Gasteiger partial charge on any atom is -0.489 e. The molecule has 30 heavy (non-hydrogen) atoms. The quantitative estimate of drug-likeness (QED) is 0.567. The van der Waals surface area contributed by atoms with Gasteiger partial charge in [-0.2, -0.15) is 0 Å². The van der Waals surface area contributed by atoms with E-state index in [0.29, 0.717) is 36.8 Å². The summed E-state index contributed by atoms with van der Waals surface area (Å²) in [6, 6.07) is 7.37. The average Bonchev–Trinajstić information content (AvgIpc) is 2.76. The lowest BCUT2D eigenvalue weighted by atomic mass is 9.88. The van der Waals surface area contributed by atoms with Crippen molar-refractivity contribution in [2.24, 2.45) is 0 Å². The molecule has 0 bridgehead atoms. The molecule has 1 aliphatic carbocycles. The van der Waals surface area contributed by atoms with Crippen molar-refractivity contribution in [3.8, 4) is 0 Å². The van der Waals surface area contributed by atoms with Crippen LogP contribution in [0.4, 0.5) is 0 Å². The number of aryl methyl sites for hydroxylation is 1. The van der Waals surface area contributed by atoms with E-state index in [2.05, 4.69) is 5.32 Å². The zero-order valence-electron chi connectivity index (χ0n) is 17.9. The van der Waals surface area contributed by atoms with Gasteiger partial charge in [0.2, 0.25) is 29.0 Å². The van der Waals surface area contributed by atoms with Crippen LogP contribution in [-0.4, -0.2) is 49.4 Å². The summed E-state index contributed by atoms with van der Waals surface area (Å²) in [5.41, 5.74) is 2.61. The molecule has 1 aliphatic rings. The summed E-state index contributed by atoms with van der Waals surface area (Å²) in [6.07, 6.45) is 1.88. The van der Waals surface area contributed by atoms with Crippen LogP contribution in [0.15, 0.2) is 46.9 Å². The van der Waals surface area contributed by atoms with Crippen molar-refractivity contribution in [1.29, 1.82) is 0 Å². The highest BCUT2D eigenvalue weighted by Gasteiger charge is 2.34. The lowest BCUT2D eigenvalue weighted by molar-refractivity contribution is -0.122. The van der Waals surface area contributed by atoms with Crippen LogP contribution >= 0.6 is 0 Å². The number of rotatable bonds is 10. The van der Waals surface area contributed by atoms with E-state index in [0.717, 1.165) is 11.1 Å². The monoisotopic (exact) mass is 415 g/mol. The van der Waals surface area contributed by atoms with Gasteiger partial charge in [-0.05, 0) is 30.9 Å². The standard InChI is InChI=1S/C23H29NO6/c1-5-17(13-25)24-19(26)11-10-15-6-8-16(9-7-15)12-18-14(2)20(27)22(29-3)23(30-4)21(18)28/h6-9,17,25H,5,10-13H2,1-4H3,(H,24,26). The number of hydrogen-bond donors (Lipinski definition) is 2. The molecule has 0 aliphatic heterocycles. The summed E-state index contributed by atoms with van der Waals surface area (Å²) in [6.45, 7) is 3.45. The number of ketones is 2. The van der Waals surface area contributed by atoms with Gasteiger partial charge >= 0.3 is 0 Å². The van der Waals surface area contributed by atoms with Gasteiger partial charge in [-0.1, -0.05) is 31.2 Å². The summed E-state index contributed by atoms with van der Waals surface area (Å²) in [7, 11) is 2.68. The molecule has 0 saturated carbocycles. The Hall–Kier alpha value is -2.93. The highest BCUT2D eigenvalue weighted by atomic mass is 16.5. The number of benzene rings is 1.